The van der Waals surface area contributed by atoms with E-state index in [0.29, 0.717) is 11.7 Å². The number of rotatable bonds is 7. The molecular weight excluding hydrogens is 234 g/mol. The highest BCUT2D eigenvalue weighted by Crippen LogP contribution is 2.35. The first-order chi connectivity index (χ1) is 7.98. The van der Waals surface area contributed by atoms with Crippen LogP contribution in [0.1, 0.15) is 52.4 Å². The van der Waals surface area contributed by atoms with Crippen LogP contribution in [0.5, 0.6) is 0 Å². The van der Waals surface area contributed by atoms with Crippen LogP contribution in [0.2, 0.25) is 0 Å². The lowest BCUT2D eigenvalue weighted by Gasteiger charge is -2.19. The van der Waals surface area contributed by atoms with Crippen LogP contribution in [0.4, 0.5) is 0 Å². The maximum absolute atomic E-state index is 11.4. The summed E-state index contributed by atoms with van der Waals surface area (Å²) in [5.74, 6) is 2.04. The Morgan fingerprint density at radius 1 is 1.29 bits per heavy atom. The lowest BCUT2D eigenvalue weighted by molar-refractivity contribution is 0.387. The second-order valence-electron chi connectivity index (χ2n) is 5.39. The first kappa shape index (κ1) is 15.0. The van der Waals surface area contributed by atoms with Crippen LogP contribution in [0.3, 0.4) is 0 Å². The molecule has 3 nitrogen and oxygen atoms in total. The third kappa shape index (κ3) is 4.96. The molecule has 17 heavy (non-hydrogen) atoms. The standard InChI is InChI=1S/C13H27NO2S/c1-3-11-7-8-12(10-11)13(14)6-5-9-17(15,16)4-2/h11-13H,3-10,14H2,1-2H3. The third-order valence-corrected chi connectivity index (χ3v) is 5.99. The smallest absolute Gasteiger partial charge is 0.150 e. The fourth-order valence-electron chi connectivity index (χ4n) is 2.79. The van der Waals surface area contributed by atoms with Crippen molar-refractivity contribution in [2.45, 2.75) is 58.4 Å². The van der Waals surface area contributed by atoms with Gasteiger partial charge >= 0.3 is 0 Å². The highest BCUT2D eigenvalue weighted by atomic mass is 32.2. The van der Waals surface area contributed by atoms with E-state index >= 15 is 0 Å². The van der Waals surface area contributed by atoms with E-state index in [2.05, 4.69) is 6.92 Å². The van der Waals surface area contributed by atoms with Gasteiger partial charge in [0.05, 0.1) is 5.75 Å². The first-order valence-electron chi connectivity index (χ1n) is 6.94. The highest BCUT2D eigenvalue weighted by Gasteiger charge is 2.27. The van der Waals surface area contributed by atoms with Crippen molar-refractivity contribution < 1.29 is 8.42 Å². The average Bonchev–Trinajstić information content (AvgIpc) is 2.77. The molecule has 0 aromatic rings. The lowest BCUT2D eigenvalue weighted by Crippen LogP contribution is -2.29. The Labute approximate surface area is 106 Å². The van der Waals surface area contributed by atoms with Gasteiger partial charge in [0, 0.05) is 11.8 Å². The van der Waals surface area contributed by atoms with Crippen LogP contribution in [0, 0.1) is 11.8 Å². The number of hydrogen-bond donors (Lipinski definition) is 1. The van der Waals surface area contributed by atoms with Crippen LogP contribution < -0.4 is 5.73 Å². The maximum Gasteiger partial charge on any atom is 0.150 e. The molecule has 1 aliphatic carbocycles. The summed E-state index contributed by atoms with van der Waals surface area (Å²) in [4.78, 5) is 0. The molecule has 102 valence electrons. The molecule has 0 radical (unpaired) electrons. The SMILES string of the molecule is CCC1CCC(C(N)CCCS(=O)(=O)CC)C1. The predicted molar refractivity (Wildman–Crippen MR) is 72.7 cm³/mol. The van der Waals surface area contributed by atoms with Gasteiger partial charge in [-0.25, -0.2) is 8.42 Å². The largest absolute Gasteiger partial charge is 0.327 e. The van der Waals surface area contributed by atoms with Gasteiger partial charge in [-0.2, -0.15) is 0 Å². The third-order valence-electron chi connectivity index (χ3n) is 4.20. The van der Waals surface area contributed by atoms with Gasteiger partial charge in [0.15, 0.2) is 0 Å². The second-order valence-corrected chi connectivity index (χ2v) is 7.86. The molecule has 0 aromatic carbocycles. The molecule has 1 saturated carbocycles. The van der Waals surface area contributed by atoms with Crippen molar-refractivity contribution in [3.63, 3.8) is 0 Å². The van der Waals surface area contributed by atoms with Gasteiger partial charge in [-0.15, -0.1) is 0 Å². The molecular formula is C13H27NO2S. The van der Waals surface area contributed by atoms with Crippen molar-refractivity contribution >= 4 is 9.84 Å². The molecule has 0 saturated heterocycles. The molecule has 4 heteroatoms. The van der Waals surface area contributed by atoms with Gasteiger partial charge in [-0.1, -0.05) is 26.7 Å². The molecule has 0 bridgehead atoms. The number of sulfone groups is 1. The van der Waals surface area contributed by atoms with Crippen LogP contribution in [0.25, 0.3) is 0 Å². The molecule has 0 aromatic heterocycles. The Morgan fingerprint density at radius 3 is 2.53 bits per heavy atom. The summed E-state index contributed by atoms with van der Waals surface area (Å²) in [6, 6.07) is 0.207. The molecule has 3 unspecified atom stereocenters. The van der Waals surface area contributed by atoms with E-state index in [1.54, 1.807) is 6.92 Å². The van der Waals surface area contributed by atoms with E-state index in [-0.39, 0.29) is 11.8 Å². The fraction of sp³-hybridized carbons (Fsp3) is 1.00. The lowest BCUT2D eigenvalue weighted by atomic mass is 9.93. The fourth-order valence-corrected chi connectivity index (χ4v) is 3.69. The molecule has 0 heterocycles. The summed E-state index contributed by atoms with van der Waals surface area (Å²) in [5.41, 5.74) is 6.17. The zero-order chi connectivity index (χ0) is 12.9. The highest BCUT2D eigenvalue weighted by molar-refractivity contribution is 7.91. The normalized spacial score (nSPS) is 27.2. The summed E-state index contributed by atoms with van der Waals surface area (Å²) in [5, 5.41) is 0. The molecule has 1 fully saturated rings. The van der Waals surface area contributed by atoms with E-state index in [9.17, 15) is 8.42 Å². The Hall–Kier alpha value is -0.0900. The van der Waals surface area contributed by atoms with Crippen molar-refractivity contribution in [3.05, 3.63) is 0 Å². The van der Waals surface area contributed by atoms with Gasteiger partial charge < -0.3 is 5.73 Å². The number of nitrogens with two attached hydrogens (primary N) is 1. The van der Waals surface area contributed by atoms with E-state index in [0.717, 1.165) is 18.8 Å². The Kier molecular flexibility index (Phi) is 5.93. The number of hydrogen-bond acceptors (Lipinski definition) is 3. The van der Waals surface area contributed by atoms with Crippen molar-refractivity contribution in [2.75, 3.05) is 11.5 Å². The molecule has 1 rings (SSSR count). The predicted octanol–water partition coefficient (Wildman–Crippen LogP) is 2.35. The van der Waals surface area contributed by atoms with E-state index in [4.69, 9.17) is 5.73 Å². The van der Waals surface area contributed by atoms with Crippen molar-refractivity contribution in [1.29, 1.82) is 0 Å². The maximum atomic E-state index is 11.4. The Balaban J connectivity index is 2.24. The van der Waals surface area contributed by atoms with E-state index < -0.39 is 9.84 Å². The molecule has 2 N–H and O–H groups in total. The minimum atomic E-state index is -2.81. The monoisotopic (exact) mass is 261 g/mol. The molecule has 3 atom stereocenters. The van der Waals surface area contributed by atoms with Crippen LogP contribution >= 0.6 is 0 Å². The summed E-state index contributed by atoms with van der Waals surface area (Å²) >= 11 is 0. The molecule has 0 spiro atoms. The van der Waals surface area contributed by atoms with Gasteiger partial charge in [0.1, 0.15) is 9.84 Å². The zero-order valence-corrected chi connectivity index (χ0v) is 12.0. The van der Waals surface area contributed by atoms with Crippen LogP contribution in [-0.2, 0) is 9.84 Å². The Morgan fingerprint density at radius 2 is 2.00 bits per heavy atom. The molecule has 0 aliphatic heterocycles. The average molecular weight is 261 g/mol. The summed E-state index contributed by atoms with van der Waals surface area (Å²) in [6.07, 6.45) is 6.64. The van der Waals surface area contributed by atoms with Crippen molar-refractivity contribution in [2.24, 2.45) is 17.6 Å². The van der Waals surface area contributed by atoms with E-state index in [1.807, 2.05) is 0 Å². The van der Waals surface area contributed by atoms with Crippen molar-refractivity contribution in [3.8, 4) is 0 Å². The zero-order valence-electron chi connectivity index (χ0n) is 11.2. The summed E-state index contributed by atoms with van der Waals surface area (Å²) < 4.78 is 22.7. The van der Waals surface area contributed by atoms with Crippen molar-refractivity contribution in [1.82, 2.24) is 0 Å². The summed E-state index contributed by atoms with van der Waals surface area (Å²) in [7, 11) is -2.81. The van der Waals surface area contributed by atoms with E-state index in [1.165, 1.54) is 25.7 Å². The summed E-state index contributed by atoms with van der Waals surface area (Å²) in [6.45, 7) is 3.95. The minimum Gasteiger partial charge on any atom is -0.327 e. The topological polar surface area (TPSA) is 60.2 Å². The molecule has 0 amide bonds. The Bertz CT molecular complexity index is 313. The second kappa shape index (κ2) is 6.74. The van der Waals surface area contributed by atoms with Gasteiger partial charge in [-0.3, -0.25) is 0 Å². The van der Waals surface area contributed by atoms with Crippen LogP contribution in [0.15, 0.2) is 0 Å². The minimum absolute atomic E-state index is 0.207. The first-order valence-corrected chi connectivity index (χ1v) is 8.76. The van der Waals surface area contributed by atoms with Gasteiger partial charge in [0.25, 0.3) is 0 Å². The van der Waals surface area contributed by atoms with Gasteiger partial charge in [0.2, 0.25) is 0 Å². The van der Waals surface area contributed by atoms with Gasteiger partial charge in [-0.05, 0) is 37.5 Å². The molecule has 1 aliphatic rings. The van der Waals surface area contributed by atoms with Crippen LogP contribution in [-0.4, -0.2) is 26.0 Å². The quantitative estimate of drug-likeness (QED) is 0.765.